The van der Waals surface area contributed by atoms with Crippen LogP contribution in [0, 0.1) is 0 Å². The molecule has 21 heavy (non-hydrogen) atoms. The van der Waals surface area contributed by atoms with Gasteiger partial charge in [0.1, 0.15) is 9.84 Å². The summed E-state index contributed by atoms with van der Waals surface area (Å²) in [6, 6.07) is 3.86. The number of fused-ring (bicyclic) bond motifs is 1. The first kappa shape index (κ1) is 15.0. The molecule has 0 aliphatic heterocycles. The van der Waals surface area contributed by atoms with E-state index in [2.05, 4.69) is 4.98 Å². The van der Waals surface area contributed by atoms with Crippen LogP contribution in [0.3, 0.4) is 0 Å². The standard InChI is InChI=1S/C12H12N2O6S/c1-21(19,20)5-4-14-9-6-7(12(17)18)2-3-8(9)13-10(15)11(14)16/h2-3,6H,4-5H2,1H3,(H,13,15)(H,17,18). The number of aromatic carboxylic acids is 1. The minimum absolute atomic E-state index is 0.0675. The molecule has 1 heterocycles. The van der Waals surface area contributed by atoms with Crippen LogP contribution >= 0.6 is 0 Å². The first-order chi connectivity index (χ1) is 9.69. The number of carbonyl (C=O) groups is 1. The van der Waals surface area contributed by atoms with Crippen LogP contribution < -0.4 is 11.1 Å². The number of aromatic nitrogens is 2. The van der Waals surface area contributed by atoms with Gasteiger partial charge in [0.2, 0.25) is 0 Å². The SMILES string of the molecule is CS(=O)(=O)CCn1c(=O)c(=O)[nH]c2ccc(C(=O)O)cc21. The summed E-state index contributed by atoms with van der Waals surface area (Å²) in [6.45, 7) is -0.221. The Hall–Kier alpha value is -2.42. The molecule has 112 valence electrons. The number of H-pyrrole nitrogens is 1. The van der Waals surface area contributed by atoms with E-state index in [4.69, 9.17) is 5.11 Å². The Morgan fingerprint density at radius 3 is 2.57 bits per heavy atom. The van der Waals surface area contributed by atoms with E-state index >= 15 is 0 Å². The van der Waals surface area contributed by atoms with Crippen LogP contribution in [0.4, 0.5) is 0 Å². The molecule has 0 atom stereocenters. The third-order valence-corrected chi connectivity index (χ3v) is 3.83. The van der Waals surface area contributed by atoms with Gasteiger partial charge < -0.3 is 14.7 Å². The summed E-state index contributed by atoms with van der Waals surface area (Å²) in [5.74, 6) is -1.52. The van der Waals surface area contributed by atoms with Crippen LogP contribution in [-0.2, 0) is 16.4 Å². The number of aromatic amines is 1. The number of aryl methyl sites for hydroxylation is 1. The lowest BCUT2D eigenvalue weighted by molar-refractivity contribution is 0.0697. The molecule has 0 amide bonds. The number of hydrogen-bond acceptors (Lipinski definition) is 5. The zero-order valence-electron chi connectivity index (χ0n) is 11.0. The van der Waals surface area contributed by atoms with Crippen molar-refractivity contribution in [2.24, 2.45) is 0 Å². The van der Waals surface area contributed by atoms with Gasteiger partial charge in [-0.25, -0.2) is 13.2 Å². The molecular weight excluding hydrogens is 300 g/mol. The van der Waals surface area contributed by atoms with E-state index in [1.807, 2.05) is 0 Å². The van der Waals surface area contributed by atoms with Crippen LogP contribution in [0.25, 0.3) is 11.0 Å². The molecular formula is C12H12N2O6S. The van der Waals surface area contributed by atoms with E-state index in [1.54, 1.807) is 0 Å². The minimum atomic E-state index is -3.34. The van der Waals surface area contributed by atoms with Gasteiger partial charge >= 0.3 is 17.1 Å². The molecule has 2 N–H and O–H groups in total. The smallest absolute Gasteiger partial charge is 0.335 e. The maximum atomic E-state index is 11.9. The molecule has 2 rings (SSSR count). The molecule has 1 aromatic heterocycles. The zero-order chi connectivity index (χ0) is 15.8. The van der Waals surface area contributed by atoms with Crippen LogP contribution in [0.1, 0.15) is 10.4 Å². The predicted molar refractivity (Wildman–Crippen MR) is 75.5 cm³/mol. The second kappa shape index (κ2) is 5.17. The highest BCUT2D eigenvalue weighted by Gasteiger charge is 2.12. The van der Waals surface area contributed by atoms with Crippen molar-refractivity contribution >= 4 is 26.8 Å². The zero-order valence-corrected chi connectivity index (χ0v) is 11.8. The van der Waals surface area contributed by atoms with Gasteiger partial charge in [-0.15, -0.1) is 0 Å². The van der Waals surface area contributed by atoms with Crippen molar-refractivity contribution in [2.45, 2.75) is 6.54 Å². The third-order valence-electron chi connectivity index (χ3n) is 2.91. The van der Waals surface area contributed by atoms with Gasteiger partial charge in [0.05, 0.1) is 22.3 Å². The number of nitrogens with zero attached hydrogens (tertiary/aromatic N) is 1. The van der Waals surface area contributed by atoms with Crippen molar-refractivity contribution in [1.29, 1.82) is 0 Å². The molecule has 0 spiro atoms. The van der Waals surface area contributed by atoms with Gasteiger partial charge in [0.25, 0.3) is 0 Å². The van der Waals surface area contributed by atoms with E-state index in [0.717, 1.165) is 10.8 Å². The average molecular weight is 312 g/mol. The number of carboxylic acids is 1. The number of hydrogen-bond donors (Lipinski definition) is 2. The highest BCUT2D eigenvalue weighted by atomic mass is 32.2. The summed E-state index contributed by atoms with van der Waals surface area (Å²) in [5, 5.41) is 8.96. The monoisotopic (exact) mass is 312 g/mol. The highest BCUT2D eigenvalue weighted by Crippen LogP contribution is 2.12. The van der Waals surface area contributed by atoms with E-state index in [-0.39, 0.29) is 28.9 Å². The molecule has 0 saturated heterocycles. The number of benzene rings is 1. The molecule has 0 saturated carbocycles. The fraction of sp³-hybridized carbons (Fsp3) is 0.250. The molecule has 0 aliphatic carbocycles. The summed E-state index contributed by atoms with van der Waals surface area (Å²) in [4.78, 5) is 36.7. The van der Waals surface area contributed by atoms with Crippen molar-refractivity contribution in [2.75, 3.05) is 12.0 Å². The second-order valence-electron chi connectivity index (χ2n) is 4.58. The van der Waals surface area contributed by atoms with Crippen LogP contribution in [0.2, 0.25) is 0 Å². The van der Waals surface area contributed by atoms with Crippen molar-refractivity contribution in [3.63, 3.8) is 0 Å². The first-order valence-corrected chi connectivity index (χ1v) is 7.93. The van der Waals surface area contributed by atoms with Gasteiger partial charge in [-0.2, -0.15) is 0 Å². The van der Waals surface area contributed by atoms with Crippen LogP contribution in [-0.4, -0.2) is 41.1 Å². The predicted octanol–water partition coefficient (Wildman–Crippen LogP) is -0.567. The lowest BCUT2D eigenvalue weighted by Crippen LogP contribution is -2.37. The maximum absolute atomic E-state index is 11.9. The lowest BCUT2D eigenvalue weighted by atomic mass is 10.2. The Kier molecular flexibility index (Phi) is 3.69. The van der Waals surface area contributed by atoms with Gasteiger partial charge in [0.15, 0.2) is 0 Å². The summed E-state index contributed by atoms with van der Waals surface area (Å²) in [6.07, 6.45) is 1.01. The average Bonchev–Trinajstić information content (AvgIpc) is 2.37. The molecule has 0 aliphatic rings. The Labute approximate surface area is 118 Å². The van der Waals surface area contributed by atoms with Gasteiger partial charge in [0, 0.05) is 12.8 Å². The van der Waals surface area contributed by atoms with E-state index in [1.165, 1.54) is 18.2 Å². The molecule has 0 radical (unpaired) electrons. The van der Waals surface area contributed by atoms with Crippen molar-refractivity contribution in [3.05, 3.63) is 44.5 Å². The fourth-order valence-corrected chi connectivity index (χ4v) is 2.39. The third kappa shape index (κ3) is 3.19. The number of nitrogens with one attached hydrogen (secondary N) is 1. The van der Waals surface area contributed by atoms with Crippen LogP contribution in [0.5, 0.6) is 0 Å². The summed E-state index contributed by atoms with van der Waals surface area (Å²) < 4.78 is 23.4. The van der Waals surface area contributed by atoms with Gasteiger partial charge in [-0.05, 0) is 18.2 Å². The molecule has 2 aromatic rings. The Bertz CT molecular complexity index is 938. The van der Waals surface area contributed by atoms with E-state index < -0.39 is 26.9 Å². The number of sulfone groups is 1. The highest BCUT2D eigenvalue weighted by molar-refractivity contribution is 7.90. The second-order valence-corrected chi connectivity index (χ2v) is 6.84. The Balaban J connectivity index is 2.72. The summed E-state index contributed by atoms with van der Waals surface area (Å²) in [7, 11) is -3.34. The lowest BCUT2D eigenvalue weighted by Gasteiger charge is -2.09. The van der Waals surface area contributed by atoms with Gasteiger partial charge in [-0.1, -0.05) is 0 Å². The molecule has 0 bridgehead atoms. The first-order valence-electron chi connectivity index (χ1n) is 5.87. The van der Waals surface area contributed by atoms with Gasteiger partial charge in [-0.3, -0.25) is 9.59 Å². The quantitative estimate of drug-likeness (QED) is 0.728. The molecule has 1 aromatic carbocycles. The van der Waals surface area contributed by atoms with E-state index in [9.17, 15) is 22.8 Å². The maximum Gasteiger partial charge on any atom is 0.335 e. The molecule has 0 fully saturated rings. The molecule has 8 nitrogen and oxygen atoms in total. The van der Waals surface area contributed by atoms with Crippen LogP contribution in [0.15, 0.2) is 27.8 Å². The summed E-state index contributed by atoms with van der Waals surface area (Å²) >= 11 is 0. The fourth-order valence-electron chi connectivity index (χ4n) is 1.88. The normalized spacial score (nSPS) is 11.7. The van der Waals surface area contributed by atoms with E-state index in [0.29, 0.717) is 0 Å². The Morgan fingerprint density at radius 1 is 1.33 bits per heavy atom. The largest absolute Gasteiger partial charge is 0.478 e. The number of carboxylic acid groups (broad SMARTS) is 1. The van der Waals surface area contributed by atoms with Crippen molar-refractivity contribution in [1.82, 2.24) is 9.55 Å². The molecule has 0 unspecified atom stereocenters. The topological polar surface area (TPSA) is 126 Å². The number of rotatable bonds is 4. The molecule has 9 heteroatoms. The summed E-state index contributed by atoms with van der Waals surface area (Å²) in [5.41, 5.74) is -1.45. The van der Waals surface area contributed by atoms with Crippen molar-refractivity contribution in [3.8, 4) is 0 Å². The van der Waals surface area contributed by atoms with Crippen molar-refractivity contribution < 1.29 is 18.3 Å². The Morgan fingerprint density at radius 2 is 2.00 bits per heavy atom. The minimum Gasteiger partial charge on any atom is -0.478 e.